The van der Waals surface area contributed by atoms with E-state index in [0.29, 0.717) is 12.6 Å². The van der Waals surface area contributed by atoms with Crippen molar-refractivity contribution >= 4 is 5.97 Å². The second-order valence-electron chi connectivity index (χ2n) is 5.69. The Balaban J connectivity index is 2.56. The first-order valence-corrected chi connectivity index (χ1v) is 7.77. The summed E-state index contributed by atoms with van der Waals surface area (Å²) < 4.78 is 10.7. The summed E-state index contributed by atoms with van der Waals surface area (Å²) in [4.78, 5) is 14.6. The smallest absolute Gasteiger partial charge is 0.326 e. The van der Waals surface area contributed by atoms with Crippen LogP contribution in [0, 0.1) is 0 Å². The number of morpholine rings is 1. The Morgan fingerprint density at radius 3 is 2.85 bits per heavy atom. The van der Waals surface area contributed by atoms with Gasteiger partial charge in [-0.05, 0) is 40.2 Å². The maximum absolute atomic E-state index is 12.2. The fourth-order valence-electron chi connectivity index (χ4n) is 2.41. The van der Waals surface area contributed by atoms with Crippen LogP contribution >= 0.6 is 0 Å². The van der Waals surface area contributed by atoms with Crippen LogP contribution in [0.25, 0.3) is 0 Å². The average molecular weight is 286 g/mol. The summed E-state index contributed by atoms with van der Waals surface area (Å²) in [5.41, 5.74) is -0.593. The lowest BCUT2D eigenvalue weighted by molar-refractivity contribution is -0.151. The molecule has 0 aliphatic carbocycles. The highest BCUT2D eigenvalue weighted by molar-refractivity contribution is 5.80. The zero-order valence-corrected chi connectivity index (χ0v) is 13.4. The number of nitrogens with one attached hydrogen (secondary N) is 1. The first-order chi connectivity index (χ1) is 9.53. The molecular formula is C15H30N2O3. The number of hydrogen-bond donors (Lipinski definition) is 1. The largest absolute Gasteiger partial charge is 0.465 e. The molecule has 5 heteroatoms. The number of hydrogen-bond acceptors (Lipinski definition) is 5. The zero-order chi connectivity index (χ0) is 15.0. The van der Waals surface area contributed by atoms with Gasteiger partial charge in [0.05, 0.1) is 19.8 Å². The lowest BCUT2D eigenvalue weighted by Gasteiger charge is -2.36. The highest BCUT2D eigenvalue weighted by atomic mass is 16.5. The van der Waals surface area contributed by atoms with E-state index in [0.717, 1.165) is 45.7 Å². The molecule has 0 bridgehead atoms. The molecule has 0 aromatic carbocycles. The van der Waals surface area contributed by atoms with Gasteiger partial charge in [0.25, 0.3) is 0 Å². The Kier molecular flexibility index (Phi) is 7.48. The van der Waals surface area contributed by atoms with Crippen LogP contribution in [0.3, 0.4) is 0 Å². The number of rotatable bonds is 8. The monoisotopic (exact) mass is 286 g/mol. The zero-order valence-electron chi connectivity index (χ0n) is 13.4. The fourth-order valence-corrected chi connectivity index (χ4v) is 2.41. The van der Waals surface area contributed by atoms with E-state index >= 15 is 0 Å². The highest BCUT2D eigenvalue weighted by Crippen LogP contribution is 2.16. The quantitative estimate of drug-likeness (QED) is 0.684. The standard InChI is InChI=1S/C15H30N2O3/c1-5-8-16-15(4,14(18)20-6-2)7-9-17-10-11-19-12-13(17)3/h13,16H,5-12H2,1-4H3. The molecule has 1 aliphatic heterocycles. The number of nitrogens with zero attached hydrogens (tertiary/aromatic N) is 1. The van der Waals surface area contributed by atoms with Crippen LogP contribution in [0.5, 0.6) is 0 Å². The van der Waals surface area contributed by atoms with Crippen LogP contribution in [0.2, 0.25) is 0 Å². The van der Waals surface area contributed by atoms with Crippen LogP contribution < -0.4 is 5.32 Å². The molecule has 0 amide bonds. The number of carbonyl (C=O) groups is 1. The Hall–Kier alpha value is -0.650. The molecule has 1 aliphatic rings. The molecule has 20 heavy (non-hydrogen) atoms. The Morgan fingerprint density at radius 2 is 2.25 bits per heavy atom. The van der Waals surface area contributed by atoms with Crippen molar-refractivity contribution in [2.24, 2.45) is 0 Å². The normalized spacial score (nSPS) is 23.3. The predicted molar refractivity (Wildman–Crippen MR) is 79.8 cm³/mol. The van der Waals surface area contributed by atoms with Crippen LogP contribution in [-0.4, -0.2) is 61.9 Å². The van der Waals surface area contributed by atoms with Crippen molar-refractivity contribution in [2.75, 3.05) is 39.5 Å². The maximum atomic E-state index is 12.2. The maximum Gasteiger partial charge on any atom is 0.326 e. The Labute approximate surface area is 123 Å². The SMILES string of the molecule is CCCNC(C)(CCN1CCOCC1C)C(=O)OCC. The van der Waals surface area contributed by atoms with Gasteiger partial charge in [-0.25, -0.2) is 0 Å². The molecule has 1 saturated heterocycles. The molecule has 2 atom stereocenters. The van der Waals surface area contributed by atoms with Gasteiger partial charge < -0.3 is 14.8 Å². The molecule has 0 aromatic rings. The summed E-state index contributed by atoms with van der Waals surface area (Å²) in [6.07, 6.45) is 1.76. The summed E-state index contributed by atoms with van der Waals surface area (Å²) in [7, 11) is 0. The van der Waals surface area contributed by atoms with Gasteiger partial charge in [0.1, 0.15) is 5.54 Å². The summed E-state index contributed by atoms with van der Waals surface area (Å²) in [6, 6.07) is 0.418. The van der Waals surface area contributed by atoms with E-state index in [1.54, 1.807) is 0 Å². The summed E-state index contributed by atoms with van der Waals surface area (Å²) in [6.45, 7) is 12.7. The third kappa shape index (κ3) is 5.04. The van der Waals surface area contributed by atoms with Crippen molar-refractivity contribution in [3.8, 4) is 0 Å². The molecule has 0 spiro atoms. The molecule has 2 unspecified atom stereocenters. The van der Waals surface area contributed by atoms with Crippen molar-refractivity contribution in [1.82, 2.24) is 10.2 Å². The lowest BCUT2D eigenvalue weighted by atomic mass is 9.96. The van der Waals surface area contributed by atoms with Crippen LogP contribution in [0.15, 0.2) is 0 Å². The predicted octanol–water partition coefficient (Wildman–Crippen LogP) is 1.42. The van der Waals surface area contributed by atoms with Crippen molar-refractivity contribution < 1.29 is 14.3 Å². The molecule has 5 nitrogen and oxygen atoms in total. The van der Waals surface area contributed by atoms with Gasteiger partial charge in [-0.15, -0.1) is 0 Å². The Bertz CT molecular complexity index is 299. The second-order valence-corrected chi connectivity index (χ2v) is 5.69. The van der Waals surface area contributed by atoms with Crippen LogP contribution in [-0.2, 0) is 14.3 Å². The van der Waals surface area contributed by atoms with E-state index in [4.69, 9.17) is 9.47 Å². The molecule has 1 rings (SSSR count). The molecule has 118 valence electrons. The summed E-state index contributed by atoms with van der Waals surface area (Å²) in [5.74, 6) is -0.144. The molecule has 1 heterocycles. The summed E-state index contributed by atoms with van der Waals surface area (Å²) in [5, 5.41) is 3.35. The van der Waals surface area contributed by atoms with Crippen molar-refractivity contribution in [2.45, 2.75) is 52.1 Å². The van der Waals surface area contributed by atoms with Crippen molar-refractivity contribution in [3.63, 3.8) is 0 Å². The minimum absolute atomic E-state index is 0.144. The van der Waals surface area contributed by atoms with E-state index in [1.165, 1.54) is 0 Å². The lowest BCUT2D eigenvalue weighted by Crippen LogP contribution is -2.54. The van der Waals surface area contributed by atoms with Gasteiger partial charge in [0, 0.05) is 19.1 Å². The molecule has 0 saturated carbocycles. The molecule has 1 fully saturated rings. The van der Waals surface area contributed by atoms with E-state index in [1.807, 2.05) is 13.8 Å². The Morgan fingerprint density at radius 1 is 1.50 bits per heavy atom. The minimum atomic E-state index is -0.593. The van der Waals surface area contributed by atoms with E-state index in [2.05, 4.69) is 24.1 Å². The van der Waals surface area contributed by atoms with Gasteiger partial charge in [-0.3, -0.25) is 9.69 Å². The third-order valence-corrected chi connectivity index (χ3v) is 3.90. The van der Waals surface area contributed by atoms with E-state index in [-0.39, 0.29) is 5.97 Å². The number of ether oxygens (including phenoxy) is 2. The van der Waals surface area contributed by atoms with Gasteiger partial charge in [-0.1, -0.05) is 6.92 Å². The fraction of sp³-hybridized carbons (Fsp3) is 0.933. The highest BCUT2D eigenvalue weighted by Gasteiger charge is 2.35. The second kappa shape index (κ2) is 8.60. The first-order valence-electron chi connectivity index (χ1n) is 7.77. The first kappa shape index (κ1) is 17.4. The van der Waals surface area contributed by atoms with E-state index in [9.17, 15) is 4.79 Å². The van der Waals surface area contributed by atoms with Crippen molar-refractivity contribution in [1.29, 1.82) is 0 Å². The molecule has 0 radical (unpaired) electrons. The van der Waals surface area contributed by atoms with Gasteiger partial charge in [-0.2, -0.15) is 0 Å². The van der Waals surface area contributed by atoms with Crippen LogP contribution in [0.4, 0.5) is 0 Å². The third-order valence-electron chi connectivity index (χ3n) is 3.90. The topological polar surface area (TPSA) is 50.8 Å². The summed E-state index contributed by atoms with van der Waals surface area (Å²) >= 11 is 0. The average Bonchev–Trinajstić information content (AvgIpc) is 2.44. The molecule has 1 N–H and O–H groups in total. The van der Waals surface area contributed by atoms with Crippen LogP contribution in [0.1, 0.15) is 40.5 Å². The molecular weight excluding hydrogens is 256 g/mol. The minimum Gasteiger partial charge on any atom is -0.465 e. The van der Waals surface area contributed by atoms with Crippen molar-refractivity contribution in [3.05, 3.63) is 0 Å². The number of esters is 1. The van der Waals surface area contributed by atoms with E-state index < -0.39 is 5.54 Å². The number of carbonyl (C=O) groups excluding carboxylic acids is 1. The van der Waals surface area contributed by atoms with Gasteiger partial charge in [0.15, 0.2) is 0 Å². The molecule has 0 aromatic heterocycles. The van der Waals surface area contributed by atoms with Gasteiger partial charge >= 0.3 is 5.97 Å². The van der Waals surface area contributed by atoms with Gasteiger partial charge in [0.2, 0.25) is 0 Å².